The van der Waals surface area contributed by atoms with Gasteiger partial charge in [0, 0.05) is 0 Å². The van der Waals surface area contributed by atoms with Crippen LogP contribution >= 0.6 is 0 Å². The van der Waals surface area contributed by atoms with Gasteiger partial charge >= 0.3 is 5.97 Å². The Morgan fingerprint density at radius 3 is 2.73 bits per heavy atom. The second-order valence-corrected chi connectivity index (χ2v) is 3.80. The largest absolute Gasteiger partial charge is 0.458 e. The van der Waals surface area contributed by atoms with Crippen molar-refractivity contribution in [2.45, 2.75) is 39.0 Å². The lowest BCUT2D eigenvalue weighted by Crippen LogP contribution is -2.05. The van der Waals surface area contributed by atoms with Crippen molar-refractivity contribution in [1.29, 1.82) is 0 Å². The van der Waals surface area contributed by atoms with Gasteiger partial charge in [0.05, 0.1) is 5.57 Å². The molecule has 0 atom stereocenters. The third-order valence-corrected chi connectivity index (χ3v) is 2.46. The van der Waals surface area contributed by atoms with Gasteiger partial charge in [0.15, 0.2) is 0 Å². The molecule has 1 saturated carbocycles. The number of carbonyl (C=O) groups excluding carboxylic acids is 1. The number of ether oxygens (including phenoxy) is 1. The van der Waals surface area contributed by atoms with Crippen molar-refractivity contribution in [2.75, 3.05) is 6.61 Å². The summed E-state index contributed by atoms with van der Waals surface area (Å²) in [5.41, 5.74) is 4.99. The van der Waals surface area contributed by atoms with Crippen LogP contribution in [0.1, 0.15) is 39.0 Å². The average molecular weight is 206 g/mol. The number of esters is 1. The molecule has 0 N–H and O–H groups in total. The first kappa shape index (κ1) is 11.8. The summed E-state index contributed by atoms with van der Waals surface area (Å²) in [5.74, 6) is -0.284. The molecule has 0 heterocycles. The summed E-state index contributed by atoms with van der Waals surface area (Å²) in [6.07, 6.45) is 7.46. The Bertz CT molecular complexity index is 298. The Morgan fingerprint density at radius 2 is 2.13 bits per heavy atom. The number of hydrogen-bond donors (Lipinski definition) is 0. The minimum Gasteiger partial charge on any atom is -0.458 e. The predicted octanol–water partition coefficient (Wildman–Crippen LogP) is 3.15. The highest BCUT2D eigenvalue weighted by atomic mass is 16.5. The van der Waals surface area contributed by atoms with E-state index in [0.717, 1.165) is 12.8 Å². The van der Waals surface area contributed by atoms with E-state index >= 15 is 0 Å². The number of hydrogen-bond acceptors (Lipinski definition) is 2. The van der Waals surface area contributed by atoms with E-state index in [9.17, 15) is 4.79 Å². The van der Waals surface area contributed by atoms with Gasteiger partial charge in [0.1, 0.15) is 6.61 Å². The fourth-order valence-corrected chi connectivity index (χ4v) is 1.66. The molecule has 1 fully saturated rings. The molecular formula is C13H18O2. The first-order chi connectivity index (χ1) is 7.24. The molecule has 82 valence electrons. The predicted molar refractivity (Wildman–Crippen MR) is 60.5 cm³/mol. The quantitative estimate of drug-likeness (QED) is 0.307. The van der Waals surface area contributed by atoms with E-state index in [2.05, 4.69) is 12.3 Å². The Balaban J connectivity index is 2.63. The number of rotatable bonds is 3. The fraction of sp³-hybridized carbons (Fsp3) is 0.538. The Hall–Kier alpha value is -1.27. The minimum atomic E-state index is -0.284. The number of carbonyl (C=O) groups is 1. The van der Waals surface area contributed by atoms with E-state index in [1.807, 2.05) is 0 Å². The second kappa shape index (κ2) is 6.26. The fourth-order valence-electron chi connectivity index (χ4n) is 1.66. The van der Waals surface area contributed by atoms with Crippen molar-refractivity contribution in [2.24, 2.45) is 0 Å². The van der Waals surface area contributed by atoms with Crippen LogP contribution in [-0.2, 0) is 9.53 Å². The Kier molecular flexibility index (Phi) is 4.92. The summed E-state index contributed by atoms with van der Waals surface area (Å²) in [4.78, 5) is 11.4. The summed E-state index contributed by atoms with van der Waals surface area (Å²) < 4.78 is 4.92. The summed E-state index contributed by atoms with van der Waals surface area (Å²) in [7, 11) is 0. The van der Waals surface area contributed by atoms with Gasteiger partial charge in [-0.25, -0.2) is 4.79 Å². The van der Waals surface area contributed by atoms with Gasteiger partial charge in [-0.05, 0) is 38.2 Å². The summed E-state index contributed by atoms with van der Waals surface area (Å²) in [6, 6.07) is 0. The van der Waals surface area contributed by atoms with Crippen LogP contribution < -0.4 is 0 Å². The zero-order chi connectivity index (χ0) is 11.1. The summed E-state index contributed by atoms with van der Waals surface area (Å²) in [6.45, 7) is 5.52. The topological polar surface area (TPSA) is 26.3 Å². The van der Waals surface area contributed by atoms with E-state index < -0.39 is 0 Å². The molecule has 0 aliphatic heterocycles. The standard InChI is InChI=1S/C13H18O2/c1-3-9-15-13(14)11(2)10-12-7-5-4-6-8-12/h3H,1,4-9H2,2H3. The molecule has 0 aromatic heterocycles. The monoisotopic (exact) mass is 206 g/mol. The maximum atomic E-state index is 11.4. The molecule has 0 spiro atoms. The van der Waals surface area contributed by atoms with Gasteiger partial charge in [-0.1, -0.05) is 19.1 Å². The van der Waals surface area contributed by atoms with Crippen molar-refractivity contribution in [3.63, 3.8) is 0 Å². The lowest BCUT2D eigenvalue weighted by molar-refractivity contribution is -0.137. The van der Waals surface area contributed by atoms with E-state index in [1.54, 1.807) is 13.0 Å². The maximum absolute atomic E-state index is 11.4. The first-order valence-corrected chi connectivity index (χ1v) is 5.47. The van der Waals surface area contributed by atoms with Gasteiger partial charge in [0.25, 0.3) is 0 Å². The summed E-state index contributed by atoms with van der Waals surface area (Å²) in [5, 5.41) is 0. The zero-order valence-corrected chi connectivity index (χ0v) is 9.34. The van der Waals surface area contributed by atoms with E-state index in [1.165, 1.54) is 24.8 Å². The Labute approximate surface area is 91.3 Å². The van der Waals surface area contributed by atoms with E-state index in [-0.39, 0.29) is 12.6 Å². The van der Waals surface area contributed by atoms with Crippen LogP contribution in [0.4, 0.5) is 0 Å². The minimum absolute atomic E-state index is 0.271. The lowest BCUT2D eigenvalue weighted by atomic mass is 9.95. The molecule has 1 aliphatic rings. The third kappa shape index (κ3) is 4.18. The van der Waals surface area contributed by atoms with Crippen molar-refractivity contribution in [1.82, 2.24) is 0 Å². The smallest absolute Gasteiger partial charge is 0.341 e. The molecule has 0 aromatic rings. The molecule has 2 nitrogen and oxygen atoms in total. The van der Waals surface area contributed by atoms with Crippen LogP contribution in [0.15, 0.2) is 29.5 Å². The molecule has 15 heavy (non-hydrogen) atoms. The van der Waals surface area contributed by atoms with Gasteiger partial charge in [0.2, 0.25) is 0 Å². The first-order valence-electron chi connectivity index (χ1n) is 5.47. The van der Waals surface area contributed by atoms with Crippen LogP contribution in [-0.4, -0.2) is 12.6 Å². The van der Waals surface area contributed by atoms with Crippen molar-refractivity contribution < 1.29 is 9.53 Å². The molecular weight excluding hydrogens is 188 g/mol. The molecule has 0 saturated heterocycles. The van der Waals surface area contributed by atoms with E-state index in [0.29, 0.717) is 5.57 Å². The average Bonchev–Trinajstić information content (AvgIpc) is 2.27. The molecule has 1 rings (SSSR count). The lowest BCUT2D eigenvalue weighted by Gasteiger charge is -2.10. The second-order valence-electron chi connectivity index (χ2n) is 3.80. The zero-order valence-electron chi connectivity index (χ0n) is 9.34. The molecule has 0 bridgehead atoms. The SMILES string of the molecule is C=CCOC(=O)C(C)=C=C1CCCCC1. The van der Waals surface area contributed by atoms with Gasteiger partial charge in [-0.15, -0.1) is 5.73 Å². The van der Waals surface area contributed by atoms with Crippen LogP contribution in [0.25, 0.3) is 0 Å². The normalized spacial score (nSPS) is 15.4. The molecule has 0 aromatic carbocycles. The molecule has 2 heteroatoms. The van der Waals surface area contributed by atoms with Gasteiger partial charge < -0.3 is 4.74 Å². The molecule has 0 radical (unpaired) electrons. The van der Waals surface area contributed by atoms with E-state index in [4.69, 9.17) is 4.74 Å². The highest BCUT2D eigenvalue weighted by Gasteiger charge is 2.07. The Morgan fingerprint density at radius 1 is 1.47 bits per heavy atom. The highest BCUT2D eigenvalue weighted by Crippen LogP contribution is 2.22. The molecule has 1 aliphatic carbocycles. The van der Waals surface area contributed by atoms with Crippen LogP contribution in [0, 0.1) is 0 Å². The molecule has 0 amide bonds. The van der Waals surface area contributed by atoms with Crippen LogP contribution in [0.3, 0.4) is 0 Å². The van der Waals surface area contributed by atoms with Crippen LogP contribution in [0.2, 0.25) is 0 Å². The van der Waals surface area contributed by atoms with Gasteiger partial charge in [-0.3, -0.25) is 0 Å². The van der Waals surface area contributed by atoms with Crippen molar-refractivity contribution >= 4 is 5.97 Å². The van der Waals surface area contributed by atoms with Crippen molar-refractivity contribution in [3.05, 3.63) is 29.5 Å². The van der Waals surface area contributed by atoms with Gasteiger partial charge in [-0.2, -0.15) is 0 Å². The van der Waals surface area contributed by atoms with Crippen molar-refractivity contribution in [3.8, 4) is 0 Å². The summed E-state index contributed by atoms with van der Waals surface area (Å²) >= 11 is 0. The van der Waals surface area contributed by atoms with Crippen LogP contribution in [0.5, 0.6) is 0 Å². The maximum Gasteiger partial charge on any atom is 0.341 e. The molecule has 0 unspecified atom stereocenters. The highest BCUT2D eigenvalue weighted by molar-refractivity contribution is 5.87. The third-order valence-electron chi connectivity index (χ3n) is 2.46.